The molecular weight excluding hydrogens is 134 g/mol. The largest absolute Gasteiger partial charge is 0.256 e. The summed E-state index contributed by atoms with van der Waals surface area (Å²) in [5, 5.41) is 1.18. The lowest BCUT2D eigenvalue weighted by Crippen LogP contribution is -1.78. The Morgan fingerprint density at radius 1 is 1.45 bits per heavy atom. The van der Waals surface area contributed by atoms with E-state index in [0.29, 0.717) is 0 Å². The van der Waals surface area contributed by atoms with Crippen LogP contribution in [0.4, 0.5) is 0 Å². The van der Waals surface area contributed by atoms with Crippen LogP contribution in [0.3, 0.4) is 0 Å². The smallest absolute Gasteiger partial charge is 0.0708 e. The van der Waals surface area contributed by atoms with Crippen LogP contribution in [0.25, 0.3) is 10.9 Å². The second kappa shape index (κ2) is 2.35. The quantitative estimate of drug-likeness (QED) is 0.550. The first-order valence-electron chi connectivity index (χ1n) is 3.59. The maximum Gasteiger partial charge on any atom is 0.0708 e. The number of fused-ring (bicyclic) bond motifs is 1. The highest BCUT2D eigenvalue weighted by molar-refractivity contribution is 5.78. The van der Waals surface area contributed by atoms with E-state index >= 15 is 0 Å². The summed E-state index contributed by atoms with van der Waals surface area (Å²) in [4.78, 5) is 4.19. The fraction of sp³-hybridized carbons (Fsp3) is 0.100. The van der Waals surface area contributed by atoms with Gasteiger partial charge in [-0.3, -0.25) is 4.98 Å². The zero-order chi connectivity index (χ0) is 7.68. The second-order valence-electron chi connectivity index (χ2n) is 2.59. The van der Waals surface area contributed by atoms with Gasteiger partial charge in [0.25, 0.3) is 0 Å². The molecule has 0 aliphatic rings. The van der Waals surface area contributed by atoms with Gasteiger partial charge in [0.2, 0.25) is 0 Å². The molecule has 0 aliphatic heterocycles. The molecule has 53 valence electrons. The maximum absolute atomic E-state index is 4.19. The van der Waals surface area contributed by atoms with E-state index in [1.165, 1.54) is 5.39 Å². The standard InChI is InChI=1S/C10H8N/c1-8-4-5-10-9(7-8)3-2-6-11-10/h2-3,5-7H,1H3. The van der Waals surface area contributed by atoms with Crippen LogP contribution in [0.15, 0.2) is 30.5 Å². The Bertz CT molecular complexity index is 379. The van der Waals surface area contributed by atoms with Crippen molar-refractivity contribution in [2.45, 2.75) is 6.92 Å². The third-order valence-corrected chi connectivity index (χ3v) is 1.68. The van der Waals surface area contributed by atoms with Gasteiger partial charge < -0.3 is 0 Å². The van der Waals surface area contributed by atoms with Crippen LogP contribution in [-0.2, 0) is 0 Å². The van der Waals surface area contributed by atoms with Gasteiger partial charge in [-0.25, -0.2) is 0 Å². The number of benzene rings is 1. The molecule has 1 aromatic carbocycles. The van der Waals surface area contributed by atoms with Gasteiger partial charge in [-0.2, -0.15) is 0 Å². The predicted molar refractivity (Wildman–Crippen MR) is 45.3 cm³/mol. The zero-order valence-corrected chi connectivity index (χ0v) is 6.33. The molecule has 0 unspecified atom stereocenters. The summed E-state index contributed by atoms with van der Waals surface area (Å²) in [7, 11) is 0. The maximum atomic E-state index is 4.19. The number of aromatic nitrogens is 1. The molecule has 0 saturated heterocycles. The fourth-order valence-electron chi connectivity index (χ4n) is 1.13. The molecule has 0 saturated carbocycles. The van der Waals surface area contributed by atoms with Gasteiger partial charge in [0, 0.05) is 11.6 Å². The summed E-state index contributed by atoms with van der Waals surface area (Å²) in [5.74, 6) is 0. The summed E-state index contributed by atoms with van der Waals surface area (Å²) in [5.41, 5.74) is 2.17. The van der Waals surface area contributed by atoms with Gasteiger partial charge in [0.1, 0.15) is 0 Å². The van der Waals surface area contributed by atoms with Crippen LogP contribution in [0.1, 0.15) is 5.56 Å². The highest BCUT2D eigenvalue weighted by Crippen LogP contribution is 2.11. The summed E-state index contributed by atoms with van der Waals surface area (Å²) in [6.07, 6.45) is 1.80. The average Bonchev–Trinajstić information content (AvgIpc) is 2.04. The lowest BCUT2D eigenvalue weighted by Gasteiger charge is -1.95. The topological polar surface area (TPSA) is 12.9 Å². The van der Waals surface area contributed by atoms with Gasteiger partial charge in [-0.15, -0.1) is 0 Å². The summed E-state index contributed by atoms with van der Waals surface area (Å²) in [6, 6.07) is 11.1. The first kappa shape index (κ1) is 6.35. The number of nitrogens with zero attached hydrogens (tertiary/aromatic N) is 1. The third-order valence-electron chi connectivity index (χ3n) is 1.68. The van der Waals surface area contributed by atoms with Crippen LogP contribution in [0, 0.1) is 13.0 Å². The zero-order valence-electron chi connectivity index (χ0n) is 6.33. The highest BCUT2D eigenvalue weighted by Gasteiger charge is 1.91. The Kier molecular flexibility index (Phi) is 1.35. The molecule has 0 N–H and O–H groups in total. The van der Waals surface area contributed by atoms with Crippen molar-refractivity contribution in [1.29, 1.82) is 0 Å². The molecule has 1 nitrogen and oxygen atoms in total. The van der Waals surface area contributed by atoms with E-state index in [9.17, 15) is 0 Å². The molecule has 0 aliphatic carbocycles. The van der Waals surface area contributed by atoms with Crippen molar-refractivity contribution in [1.82, 2.24) is 4.98 Å². The molecule has 2 aromatic rings. The minimum Gasteiger partial charge on any atom is -0.256 e. The molecule has 1 heteroatoms. The van der Waals surface area contributed by atoms with Crippen molar-refractivity contribution in [2.24, 2.45) is 0 Å². The second-order valence-corrected chi connectivity index (χ2v) is 2.59. The van der Waals surface area contributed by atoms with Crippen LogP contribution < -0.4 is 0 Å². The van der Waals surface area contributed by atoms with E-state index in [1.54, 1.807) is 6.20 Å². The van der Waals surface area contributed by atoms with Crippen molar-refractivity contribution in [2.75, 3.05) is 0 Å². The fourth-order valence-corrected chi connectivity index (χ4v) is 1.13. The molecule has 0 fully saturated rings. The molecule has 0 spiro atoms. The van der Waals surface area contributed by atoms with Crippen LogP contribution in [0.5, 0.6) is 0 Å². The molecule has 1 heterocycles. The number of hydrogen-bond acceptors (Lipinski definition) is 1. The molecular formula is C10H8N. The molecule has 11 heavy (non-hydrogen) atoms. The Morgan fingerprint density at radius 2 is 2.36 bits per heavy atom. The van der Waals surface area contributed by atoms with Crippen molar-refractivity contribution in [3.63, 3.8) is 0 Å². The molecule has 0 bridgehead atoms. The van der Waals surface area contributed by atoms with E-state index in [0.717, 1.165) is 11.1 Å². The van der Waals surface area contributed by atoms with Gasteiger partial charge in [-0.05, 0) is 36.8 Å². The van der Waals surface area contributed by atoms with E-state index in [1.807, 2.05) is 19.1 Å². The number of rotatable bonds is 0. The summed E-state index contributed by atoms with van der Waals surface area (Å²) >= 11 is 0. The van der Waals surface area contributed by atoms with Crippen molar-refractivity contribution in [3.05, 3.63) is 42.1 Å². The van der Waals surface area contributed by atoms with Crippen molar-refractivity contribution in [3.8, 4) is 0 Å². The van der Waals surface area contributed by atoms with Crippen molar-refractivity contribution >= 4 is 10.9 Å². The predicted octanol–water partition coefficient (Wildman–Crippen LogP) is 2.34. The summed E-state index contributed by atoms with van der Waals surface area (Å²) in [6.45, 7) is 2.03. The Balaban J connectivity index is 2.83. The molecule has 1 radical (unpaired) electrons. The first-order chi connectivity index (χ1) is 5.36. The van der Waals surface area contributed by atoms with E-state index in [-0.39, 0.29) is 0 Å². The number of aryl methyl sites for hydroxylation is 1. The number of pyridine rings is 1. The lowest BCUT2D eigenvalue weighted by molar-refractivity contribution is 1.39. The molecule has 1 aromatic heterocycles. The monoisotopic (exact) mass is 142 g/mol. The minimum absolute atomic E-state index is 1.01. The average molecular weight is 142 g/mol. The third kappa shape index (κ3) is 1.09. The lowest BCUT2D eigenvalue weighted by atomic mass is 10.1. The summed E-state index contributed by atoms with van der Waals surface area (Å²) < 4.78 is 0. The minimum atomic E-state index is 1.01. The van der Waals surface area contributed by atoms with Gasteiger partial charge >= 0.3 is 0 Å². The van der Waals surface area contributed by atoms with Crippen LogP contribution >= 0.6 is 0 Å². The molecule has 0 atom stereocenters. The SMILES string of the molecule is Cc1[c]cc2ncccc2c1. The van der Waals surface area contributed by atoms with Gasteiger partial charge in [0.05, 0.1) is 5.52 Å². The van der Waals surface area contributed by atoms with Crippen LogP contribution in [0.2, 0.25) is 0 Å². The Hall–Kier alpha value is -1.37. The number of hydrogen-bond donors (Lipinski definition) is 0. The van der Waals surface area contributed by atoms with Crippen LogP contribution in [-0.4, -0.2) is 4.98 Å². The van der Waals surface area contributed by atoms with E-state index < -0.39 is 0 Å². The Labute approximate surface area is 65.7 Å². The van der Waals surface area contributed by atoms with Gasteiger partial charge in [-0.1, -0.05) is 6.07 Å². The molecule has 2 rings (SSSR count). The van der Waals surface area contributed by atoms with Crippen molar-refractivity contribution < 1.29 is 0 Å². The van der Waals surface area contributed by atoms with Gasteiger partial charge in [0.15, 0.2) is 0 Å². The first-order valence-corrected chi connectivity index (χ1v) is 3.59. The highest BCUT2D eigenvalue weighted by atomic mass is 14.6. The molecule has 0 amide bonds. The van der Waals surface area contributed by atoms with E-state index in [2.05, 4.69) is 23.2 Å². The van der Waals surface area contributed by atoms with E-state index in [4.69, 9.17) is 0 Å². The Morgan fingerprint density at radius 3 is 3.27 bits per heavy atom. The normalized spacial score (nSPS) is 10.3.